The molecular weight excluding hydrogens is 286 g/mol. The molecule has 0 aliphatic carbocycles. The quantitative estimate of drug-likeness (QED) is 0.856. The lowest BCUT2D eigenvalue weighted by Gasteiger charge is -2.08. The Labute approximate surface area is 107 Å². The van der Waals surface area contributed by atoms with Gasteiger partial charge in [-0.15, -0.1) is 0 Å². The molecule has 0 radical (unpaired) electrons. The number of fused-ring (bicyclic) bond motifs is 1. The Morgan fingerprint density at radius 3 is 3.06 bits per heavy atom. The van der Waals surface area contributed by atoms with Crippen molar-refractivity contribution in [2.45, 2.75) is 13.0 Å². The number of halogens is 1. The molecule has 0 bridgehead atoms. The van der Waals surface area contributed by atoms with E-state index in [0.717, 1.165) is 15.4 Å². The highest BCUT2D eigenvalue weighted by atomic mass is 79.9. The molecule has 0 fully saturated rings. The third-order valence-corrected chi connectivity index (χ3v) is 2.97. The number of benzene rings is 1. The van der Waals surface area contributed by atoms with Crippen molar-refractivity contribution in [1.29, 1.82) is 0 Å². The minimum absolute atomic E-state index is 0.252. The summed E-state index contributed by atoms with van der Waals surface area (Å²) in [7, 11) is 0. The number of carbonyl (C=O) groups is 1. The van der Waals surface area contributed by atoms with Gasteiger partial charge in [0.2, 0.25) is 0 Å². The lowest BCUT2D eigenvalue weighted by atomic mass is 10.1. The molecule has 1 unspecified atom stereocenters. The van der Waals surface area contributed by atoms with Crippen molar-refractivity contribution < 1.29 is 14.6 Å². The van der Waals surface area contributed by atoms with Crippen LogP contribution in [-0.2, 0) is 9.53 Å². The van der Waals surface area contributed by atoms with Crippen LogP contribution in [0.25, 0.3) is 10.9 Å². The van der Waals surface area contributed by atoms with Crippen LogP contribution in [0.3, 0.4) is 0 Å². The van der Waals surface area contributed by atoms with E-state index in [-0.39, 0.29) is 6.61 Å². The molecule has 2 N–H and O–H groups in total. The number of H-pyrrole nitrogens is 1. The van der Waals surface area contributed by atoms with Crippen molar-refractivity contribution in [3.63, 3.8) is 0 Å². The van der Waals surface area contributed by atoms with Gasteiger partial charge in [-0.05, 0) is 25.1 Å². The SMILES string of the molecule is CCOC(=O)C(O)c1c[nH]c2ccc(Br)cc12. The monoisotopic (exact) mass is 297 g/mol. The molecule has 1 aromatic heterocycles. The number of ether oxygens (including phenoxy) is 1. The Hall–Kier alpha value is -1.33. The van der Waals surface area contributed by atoms with E-state index in [1.165, 1.54) is 0 Å². The molecule has 17 heavy (non-hydrogen) atoms. The third-order valence-electron chi connectivity index (χ3n) is 2.48. The maximum Gasteiger partial charge on any atom is 0.339 e. The molecule has 0 aliphatic rings. The fourth-order valence-corrected chi connectivity index (χ4v) is 2.05. The molecule has 0 saturated heterocycles. The Balaban J connectivity index is 2.41. The van der Waals surface area contributed by atoms with Gasteiger partial charge in [-0.3, -0.25) is 0 Å². The molecule has 1 heterocycles. The molecule has 1 atom stereocenters. The number of hydrogen-bond donors (Lipinski definition) is 2. The average molecular weight is 298 g/mol. The van der Waals surface area contributed by atoms with Gasteiger partial charge in [-0.25, -0.2) is 4.79 Å². The standard InChI is InChI=1S/C12H12BrNO3/c1-2-17-12(16)11(15)9-6-14-10-4-3-7(13)5-8(9)10/h3-6,11,14-15H,2H2,1H3. The number of aliphatic hydroxyl groups is 1. The van der Waals surface area contributed by atoms with E-state index in [0.29, 0.717) is 5.56 Å². The summed E-state index contributed by atoms with van der Waals surface area (Å²) in [6.07, 6.45) is 0.372. The minimum atomic E-state index is -1.25. The maximum atomic E-state index is 11.5. The second kappa shape index (κ2) is 4.89. The number of nitrogens with one attached hydrogen (secondary N) is 1. The summed E-state index contributed by atoms with van der Waals surface area (Å²) in [6.45, 7) is 1.96. The summed E-state index contributed by atoms with van der Waals surface area (Å²) < 4.78 is 5.68. The fraction of sp³-hybridized carbons (Fsp3) is 0.250. The van der Waals surface area contributed by atoms with Gasteiger partial charge in [-0.2, -0.15) is 0 Å². The van der Waals surface area contributed by atoms with Gasteiger partial charge in [0.15, 0.2) is 6.10 Å². The predicted molar refractivity (Wildman–Crippen MR) is 67.6 cm³/mol. The van der Waals surface area contributed by atoms with E-state index in [4.69, 9.17) is 4.74 Å². The maximum absolute atomic E-state index is 11.5. The highest BCUT2D eigenvalue weighted by molar-refractivity contribution is 9.10. The van der Waals surface area contributed by atoms with Crippen LogP contribution in [0, 0.1) is 0 Å². The zero-order valence-electron chi connectivity index (χ0n) is 9.24. The van der Waals surface area contributed by atoms with E-state index in [1.807, 2.05) is 18.2 Å². The first-order valence-corrected chi connectivity index (χ1v) is 6.04. The van der Waals surface area contributed by atoms with Crippen LogP contribution in [0.4, 0.5) is 0 Å². The van der Waals surface area contributed by atoms with Crippen LogP contribution < -0.4 is 0 Å². The smallest absolute Gasteiger partial charge is 0.339 e. The molecule has 0 amide bonds. The van der Waals surface area contributed by atoms with Crippen LogP contribution in [-0.4, -0.2) is 22.7 Å². The summed E-state index contributed by atoms with van der Waals surface area (Å²) in [5.41, 5.74) is 1.39. The summed E-state index contributed by atoms with van der Waals surface area (Å²) in [4.78, 5) is 14.5. The van der Waals surface area contributed by atoms with Gasteiger partial charge in [-0.1, -0.05) is 15.9 Å². The topological polar surface area (TPSA) is 62.3 Å². The zero-order valence-corrected chi connectivity index (χ0v) is 10.8. The summed E-state index contributed by atoms with van der Waals surface area (Å²) in [6, 6.07) is 5.61. The van der Waals surface area contributed by atoms with Crippen molar-refractivity contribution >= 4 is 32.8 Å². The molecule has 0 spiro atoms. The first kappa shape index (κ1) is 12.1. The second-order valence-corrected chi connectivity index (χ2v) is 4.50. The van der Waals surface area contributed by atoms with Gasteiger partial charge in [0.25, 0.3) is 0 Å². The minimum Gasteiger partial charge on any atom is -0.464 e. The van der Waals surface area contributed by atoms with Crippen molar-refractivity contribution in [3.8, 4) is 0 Å². The van der Waals surface area contributed by atoms with Crippen LogP contribution >= 0.6 is 15.9 Å². The Kier molecular flexibility index (Phi) is 3.49. The highest BCUT2D eigenvalue weighted by Gasteiger charge is 2.21. The zero-order chi connectivity index (χ0) is 12.4. The summed E-state index contributed by atoms with van der Waals surface area (Å²) in [5.74, 6) is -0.631. The first-order valence-electron chi connectivity index (χ1n) is 5.24. The molecular formula is C12H12BrNO3. The van der Waals surface area contributed by atoms with E-state index in [9.17, 15) is 9.90 Å². The lowest BCUT2D eigenvalue weighted by Crippen LogP contribution is -2.14. The molecule has 0 saturated carbocycles. The number of rotatable bonds is 3. The van der Waals surface area contributed by atoms with Gasteiger partial charge in [0, 0.05) is 27.1 Å². The van der Waals surface area contributed by atoms with Crippen molar-refractivity contribution in [2.75, 3.05) is 6.61 Å². The van der Waals surface area contributed by atoms with Crippen LogP contribution in [0.5, 0.6) is 0 Å². The van der Waals surface area contributed by atoms with Crippen LogP contribution in [0.2, 0.25) is 0 Å². The normalized spacial score (nSPS) is 12.6. The third kappa shape index (κ3) is 2.35. The molecule has 90 valence electrons. The Morgan fingerprint density at radius 1 is 1.59 bits per heavy atom. The number of esters is 1. The fourth-order valence-electron chi connectivity index (χ4n) is 1.69. The largest absolute Gasteiger partial charge is 0.464 e. The van der Waals surface area contributed by atoms with Gasteiger partial charge in [0.1, 0.15) is 0 Å². The van der Waals surface area contributed by atoms with Crippen molar-refractivity contribution in [1.82, 2.24) is 4.98 Å². The Morgan fingerprint density at radius 2 is 2.35 bits per heavy atom. The summed E-state index contributed by atoms with van der Waals surface area (Å²) in [5, 5.41) is 10.7. The highest BCUT2D eigenvalue weighted by Crippen LogP contribution is 2.27. The number of aliphatic hydroxyl groups excluding tert-OH is 1. The first-order chi connectivity index (χ1) is 8.13. The Bertz CT molecular complexity index is 550. The van der Waals surface area contributed by atoms with Gasteiger partial charge >= 0.3 is 5.97 Å². The predicted octanol–water partition coefficient (Wildman–Crippen LogP) is 2.53. The average Bonchev–Trinajstić information content (AvgIpc) is 2.71. The van der Waals surface area contributed by atoms with Crippen molar-refractivity contribution in [2.24, 2.45) is 0 Å². The van der Waals surface area contributed by atoms with Crippen molar-refractivity contribution in [3.05, 3.63) is 34.4 Å². The number of carbonyl (C=O) groups excluding carboxylic acids is 1. The van der Waals surface area contributed by atoms with E-state index >= 15 is 0 Å². The molecule has 2 aromatic rings. The van der Waals surface area contributed by atoms with Gasteiger partial charge in [0.05, 0.1) is 6.61 Å². The molecule has 2 rings (SSSR count). The van der Waals surface area contributed by atoms with E-state index < -0.39 is 12.1 Å². The van der Waals surface area contributed by atoms with Gasteiger partial charge < -0.3 is 14.8 Å². The molecule has 5 heteroatoms. The van der Waals surface area contributed by atoms with E-state index in [1.54, 1.807) is 13.1 Å². The summed E-state index contributed by atoms with van der Waals surface area (Å²) >= 11 is 3.36. The molecule has 4 nitrogen and oxygen atoms in total. The van der Waals surface area contributed by atoms with Crippen LogP contribution in [0.1, 0.15) is 18.6 Å². The van der Waals surface area contributed by atoms with E-state index in [2.05, 4.69) is 20.9 Å². The molecule has 1 aromatic carbocycles. The second-order valence-electron chi connectivity index (χ2n) is 3.59. The number of aromatic nitrogens is 1. The number of aromatic amines is 1. The molecule has 0 aliphatic heterocycles. The number of hydrogen-bond acceptors (Lipinski definition) is 3. The van der Waals surface area contributed by atoms with Crippen LogP contribution in [0.15, 0.2) is 28.9 Å². The lowest BCUT2D eigenvalue weighted by molar-refractivity contribution is -0.153.